The van der Waals surface area contributed by atoms with Gasteiger partial charge in [0.15, 0.2) is 6.61 Å². The maximum Gasteiger partial charge on any atom is 0.293 e. The first-order valence-corrected chi connectivity index (χ1v) is 10.1. The third-order valence-corrected chi connectivity index (χ3v) is 5.47. The van der Waals surface area contributed by atoms with Crippen molar-refractivity contribution >= 4 is 45.7 Å². The first-order valence-electron chi connectivity index (χ1n) is 9.24. The van der Waals surface area contributed by atoms with Crippen molar-refractivity contribution in [1.82, 2.24) is 4.90 Å². The maximum absolute atomic E-state index is 12.8. The Morgan fingerprint density at radius 1 is 1.00 bits per heavy atom. The highest BCUT2D eigenvalue weighted by Crippen LogP contribution is 2.34. The molecule has 2 N–H and O–H groups in total. The zero-order chi connectivity index (χ0) is 21.1. The lowest BCUT2D eigenvalue weighted by Gasteiger charge is -2.13. The number of hydrogen-bond acceptors (Lipinski definition) is 5. The van der Waals surface area contributed by atoms with Crippen molar-refractivity contribution in [3.63, 3.8) is 0 Å². The minimum Gasteiger partial charge on any atom is -0.484 e. The van der Waals surface area contributed by atoms with Crippen LogP contribution in [0, 0.1) is 0 Å². The molecule has 0 unspecified atom stereocenters. The number of benzene rings is 3. The predicted octanol–water partition coefficient (Wildman–Crippen LogP) is 3.94. The minimum atomic E-state index is -0.574. The van der Waals surface area contributed by atoms with E-state index in [1.807, 2.05) is 42.5 Å². The molecule has 0 spiro atoms. The summed E-state index contributed by atoms with van der Waals surface area (Å²) in [5.74, 6) is -0.449. The molecule has 1 aliphatic heterocycles. The number of thioether (sulfide) groups is 1. The molecule has 3 aromatic carbocycles. The molecule has 150 valence electrons. The van der Waals surface area contributed by atoms with E-state index in [9.17, 15) is 14.4 Å². The van der Waals surface area contributed by atoms with Crippen LogP contribution >= 0.6 is 11.8 Å². The van der Waals surface area contributed by atoms with Gasteiger partial charge in [0, 0.05) is 0 Å². The summed E-state index contributed by atoms with van der Waals surface area (Å²) < 4.78 is 5.28. The molecule has 1 heterocycles. The van der Waals surface area contributed by atoms with E-state index in [0.717, 1.165) is 28.1 Å². The van der Waals surface area contributed by atoms with E-state index in [4.69, 9.17) is 10.5 Å². The van der Waals surface area contributed by atoms with Crippen molar-refractivity contribution in [1.29, 1.82) is 0 Å². The van der Waals surface area contributed by atoms with Crippen LogP contribution < -0.4 is 10.5 Å². The van der Waals surface area contributed by atoms with E-state index in [-0.39, 0.29) is 24.3 Å². The van der Waals surface area contributed by atoms with Crippen LogP contribution in [0.4, 0.5) is 4.79 Å². The molecule has 6 nitrogen and oxygen atoms in total. The summed E-state index contributed by atoms with van der Waals surface area (Å²) >= 11 is 0.907. The van der Waals surface area contributed by atoms with Crippen LogP contribution in [0.2, 0.25) is 0 Å². The fraction of sp³-hybridized carbons (Fsp3) is 0.0870. The number of carbonyl (C=O) groups excluding carboxylic acids is 3. The van der Waals surface area contributed by atoms with E-state index in [2.05, 4.69) is 0 Å². The SMILES string of the molecule is NC(=O)COc1cccc(/C=C2\SC(=O)N(Cc3ccc4ccccc4c3)C2=O)c1. The average Bonchev–Trinajstić information content (AvgIpc) is 3.00. The monoisotopic (exact) mass is 418 g/mol. The number of nitrogens with zero attached hydrogens (tertiary/aromatic N) is 1. The van der Waals surface area contributed by atoms with Crippen molar-refractivity contribution < 1.29 is 19.1 Å². The van der Waals surface area contributed by atoms with Crippen LogP contribution in [0.5, 0.6) is 5.75 Å². The molecule has 30 heavy (non-hydrogen) atoms. The largest absolute Gasteiger partial charge is 0.484 e. The highest BCUT2D eigenvalue weighted by atomic mass is 32.2. The Balaban J connectivity index is 1.52. The van der Waals surface area contributed by atoms with Gasteiger partial charge in [-0.1, -0.05) is 48.5 Å². The number of imide groups is 1. The van der Waals surface area contributed by atoms with Gasteiger partial charge in [0.05, 0.1) is 11.4 Å². The molecule has 0 radical (unpaired) electrons. The number of nitrogens with two attached hydrogens (primary N) is 1. The topological polar surface area (TPSA) is 89.7 Å². The number of fused-ring (bicyclic) bond motifs is 1. The van der Waals surface area contributed by atoms with Gasteiger partial charge in [-0.05, 0) is 57.9 Å². The van der Waals surface area contributed by atoms with Gasteiger partial charge in [-0.2, -0.15) is 0 Å². The molecule has 3 aromatic rings. The molecule has 0 aromatic heterocycles. The second-order valence-electron chi connectivity index (χ2n) is 6.78. The fourth-order valence-electron chi connectivity index (χ4n) is 3.16. The molecule has 0 bridgehead atoms. The van der Waals surface area contributed by atoms with E-state index >= 15 is 0 Å². The summed E-state index contributed by atoms with van der Waals surface area (Å²) in [5, 5.41) is 1.86. The summed E-state index contributed by atoms with van der Waals surface area (Å²) in [6, 6.07) is 20.7. The average molecular weight is 418 g/mol. The summed E-state index contributed by atoms with van der Waals surface area (Å²) in [5.41, 5.74) is 6.66. The highest BCUT2D eigenvalue weighted by molar-refractivity contribution is 8.18. The van der Waals surface area contributed by atoms with Crippen molar-refractivity contribution in [2.45, 2.75) is 6.54 Å². The number of primary amides is 1. The van der Waals surface area contributed by atoms with Crippen LogP contribution in [0.15, 0.2) is 71.6 Å². The summed E-state index contributed by atoms with van der Waals surface area (Å²) in [7, 11) is 0. The summed E-state index contributed by atoms with van der Waals surface area (Å²) in [4.78, 5) is 37.7. The Bertz CT molecular complexity index is 1190. The number of hydrogen-bond donors (Lipinski definition) is 1. The Morgan fingerprint density at radius 2 is 1.80 bits per heavy atom. The molecule has 7 heteroatoms. The molecular formula is C23H18N2O4S. The van der Waals surface area contributed by atoms with Crippen molar-refractivity contribution in [2.24, 2.45) is 5.73 Å². The molecule has 4 rings (SSSR count). The Hall–Kier alpha value is -3.58. The van der Waals surface area contributed by atoms with E-state index in [1.54, 1.807) is 30.3 Å². The van der Waals surface area contributed by atoms with Crippen molar-refractivity contribution in [3.05, 3.63) is 82.8 Å². The lowest BCUT2D eigenvalue weighted by Crippen LogP contribution is -2.27. The van der Waals surface area contributed by atoms with Gasteiger partial charge in [-0.15, -0.1) is 0 Å². The molecule has 3 amide bonds. The zero-order valence-electron chi connectivity index (χ0n) is 15.9. The third kappa shape index (κ3) is 4.36. The Morgan fingerprint density at radius 3 is 2.60 bits per heavy atom. The summed E-state index contributed by atoms with van der Waals surface area (Å²) in [6.07, 6.45) is 1.64. The maximum atomic E-state index is 12.8. The van der Waals surface area contributed by atoms with E-state index < -0.39 is 5.91 Å². The number of amides is 3. The van der Waals surface area contributed by atoms with Gasteiger partial charge in [0.1, 0.15) is 5.75 Å². The molecule has 1 aliphatic rings. The molecule has 0 atom stereocenters. The number of ether oxygens (including phenoxy) is 1. The number of rotatable bonds is 6. The van der Waals surface area contributed by atoms with Crippen molar-refractivity contribution in [2.75, 3.05) is 6.61 Å². The first kappa shape index (κ1) is 19.7. The predicted molar refractivity (Wildman–Crippen MR) is 117 cm³/mol. The molecule has 1 saturated heterocycles. The zero-order valence-corrected chi connectivity index (χ0v) is 16.7. The van der Waals surface area contributed by atoms with Gasteiger partial charge in [0.2, 0.25) is 0 Å². The first-order chi connectivity index (χ1) is 14.5. The second-order valence-corrected chi connectivity index (χ2v) is 7.77. The highest BCUT2D eigenvalue weighted by Gasteiger charge is 2.35. The van der Waals surface area contributed by atoms with Crippen molar-refractivity contribution in [3.8, 4) is 5.75 Å². The van der Waals surface area contributed by atoms with E-state index in [1.165, 1.54) is 4.90 Å². The molecule has 0 aliphatic carbocycles. The molecular weight excluding hydrogens is 400 g/mol. The van der Waals surface area contributed by atoms with Crippen LogP contribution in [0.25, 0.3) is 16.8 Å². The fourth-order valence-corrected chi connectivity index (χ4v) is 3.99. The van der Waals surface area contributed by atoms with Gasteiger partial charge >= 0.3 is 0 Å². The van der Waals surface area contributed by atoms with Gasteiger partial charge in [-0.3, -0.25) is 19.3 Å². The summed E-state index contributed by atoms with van der Waals surface area (Å²) in [6.45, 7) is -0.0136. The Kier molecular flexibility index (Phi) is 5.54. The van der Waals surface area contributed by atoms with Crippen LogP contribution in [0.3, 0.4) is 0 Å². The van der Waals surface area contributed by atoms with Gasteiger partial charge < -0.3 is 10.5 Å². The number of carbonyl (C=O) groups is 3. The third-order valence-electron chi connectivity index (χ3n) is 4.57. The second kappa shape index (κ2) is 8.42. The molecule has 1 fully saturated rings. The minimum absolute atomic E-state index is 0.217. The Labute approximate surface area is 177 Å². The van der Waals surface area contributed by atoms with Gasteiger partial charge in [0.25, 0.3) is 17.1 Å². The molecule has 0 saturated carbocycles. The smallest absolute Gasteiger partial charge is 0.293 e. The van der Waals surface area contributed by atoms with Crippen LogP contribution in [-0.4, -0.2) is 28.6 Å². The lowest BCUT2D eigenvalue weighted by molar-refractivity contribution is -0.123. The normalized spacial score (nSPS) is 15.2. The van der Waals surface area contributed by atoms with Gasteiger partial charge in [-0.25, -0.2) is 0 Å². The standard InChI is InChI=1S/C23H18N2O4S/c24-21(26)14-29-19-7-3-4-15(11-19)12-20-22(27)25(23(28)30-20)13-16-8-9-17-5-1-2-6-18(17)10-16/h1-12H,13-14H2,(H2,24,26)/b20-12-. The van der Waals surface area contributed by atoms with Crippen LogP contribution in [0.1, 0.15) is 11.1 Å². The van der Waals surface area contributed by atoms with Crippen LogP contribution in [-0.2, 0) is 16.1 Å². The quantitative estimate of drug-likeness (QED) is 0.613. The van der Waals surface area contributed by atoms with E-state index in [0.29, 0.717) is 16.2 Å². The lowest BCUT2D eigenvalue weighted by atomic mass is 10.1.